The molecule has 3 N–H and O–H groups in total. The molecule has 2 rings (SSSR count). The standard InChI is InChI=1S/C16H23N5O/c1-3-21(4-2)11-10-18-15-14(12-19-16(17)20-15)22-13-8-6-5-7-9-13/h5-9,12H,3-4,10-11H2,1-2H3,(H3,17,18,19,20). The van der Waals surface area contributed by atoms with Gasteiger partial charge in [0.1, 0.15) is 5.75 Å². The van der Waals surface area contributed by atoms with Crippen LogP contribution in [0.15, 0.2) is 36.5 Å². The second-order valence-corrected chi connectivity index (χ2v) is 4.81. The monoisotopic (exact) mass is 301 g/mol. The van der Waals surface area contributed by atoms with E-state index < -0.39 is 0 Å². The van der Waals surface area contributed by atoms with E-state index in [4.69, 9.17) is 10.5 Å². The van der Waals surface area contributed by atoms with Crippen molar-refractivity contribution in [2.75, 3.05) is 37.2 Å². The van der Waals surface area contributed by atoms with E-state index >= 15 is 0 Å². The van der Waals surface area contributed by atoms with Gasteiger partial charge in [-0.25, -0.2) is 4.98 Å². The van der Waals surface area contributed by atoms with Gasteiger partial charge in [-0.3, -0.25) is 0 Å². The van der Waals surface area contributed by atoms with Crippen molar-refractivity contribution in [1.29, 1.82) is 0 Å². The fourth-order valence-electron chi connectivity index (χ4n) is 2.07. The molecule has 0 aliphatic carbocycles. The quantitative estimate of drug-likeness (QED) is 0.780. The van der Waals surface area contributed by atoms with E-state index in [0.29, 0.717) is 11.6 Å². The Labute approximate surface area is 131 Å². The van der Waals surface area contributed by atoms with E-state index in [1.54, 1.807) is 6.20 Å². The van der Waals surface area contributed by atoms with E-state index in [9.17, 15) is 0 Å². The molecule has 0 radical (unpaired) electrons. The van der Waals surface area contributed by atoms with Gasteiger partial charge in [0.25, 0.3) is 0 Å². The molecular formula is C16H23N5O. The fraction of sp³-hybridized carbons (Fsp3) is 0.375. The first-order valence-corrected chi connectivity index (χ1v) is 7.54. The summed E-state index contributed by atoms with van der Waals surface area (Å²) in [5.41, 5.74) is 5.68. The summed E-state index contributed by atoms with van der Waals surface area (Å²) in [6, 6.07) is 9.55. The minimum absolute atomic E-state index is 0.228. The van der Waals surface area contributed by atoms with Crippen LogP contribution in [0.4, 0.5) is 11.8 Å². The molecule has 0 atom stereocenters. The van der Waals surface area contributed by atoms with E-state index in [2.05, 4.69) is 34.0 Å². The Balaban J connectivity index is 2.04. The molecule has 0 saturated carbocycles. The van der Waals surface area contributed by atoms with Gasteiger partial charge in [0.15, 0.2) is 11.6 Å². The number of ether oxygens (including phenoxy) is 1. The molecule has 1 heterocycles. The van der Waals surface area contributed by atoms with Gasteiger partial charge in [0.05, 0.1) is 6.20 Å². The third kappa shape index (κ3) is 4.60. The number of para-hydroxylation sites is 1. The Kier molecular flexibility index (Phi) is 5.97. The van der Waals surface area contributed by atoms with Gasteiger partial charge < -0.3 is 20.7 Å². The van der Waals surface area contributed by atoms with Crippen LogP contribution >= 0.6 is 0 Å². The number of hydrogen-bond acceptors (Lipinski definition) is 6. The summed E-state index contributed by atoms with van der Waals surface area (Å²) in [5, 5.41) is 3.28. The predicted molar refractivity (Wildman–Crippen MR) is 89.2 cm³/mol. The molecule has 118 valence electrons. The molecule has 22 heavy (non-hydrogen) atoms. The summed E-state index contributed by atoms with van der Waals surface area (Å²) in [4.78, 5) is 10.6. The zero-order chi connectivity index (χ0) is 15.8. The summed E-state index contributed by atoms with van der Waals surface area (Å²) in [7, 11) is 0. The summed E-state index contributed by atoms with van der Waals surface area (Å²) in [5.74, 6) is 2.15. The van der Waals surface area contributed by atoms with Crippen LogP contribution in [0, 0.1) is 0 Å². The molecule has 0 saturated heterocycles. The van der Waals surface area contributed by atoms with Crippen LogP contribution in [0.1, 0.15) is 13.8 Å². The molecule has 2 aromatic rings. The van der Waals surface area contributed by atoms with Crippen molar-refractivity contribution in [2.45, 2.75) is 13.8 Å². The predicted octanol–water partition coefficient (Wildman–Crippen LogP) is 2.60. The SMILES string of the molecule is CCN(CC)CCNc1nc(N)ncc1Oc1ccccc1. The van der Waals surface area contributed by atoms with Gasteiger partial charge in [-0.1, -0.05) is 32.0 Å². The van der Waals surface area contributed by atoms with Crippen LogP contribution in [0.3, 0.4) is 0 Å². The van der Waals surface area contributed by atoms with Crippen molar-refractivity contribution in [3.05, 3.63) is 36.5 Å². The van der Waals surface area contributed by atoms with Gasteiger partial charge in [-0.15, -0.1) is 0 Å². The number of likely N-dealkylation sites (N-methyl/N-ethyl adjacent to an activating group) is 1. The third-order valence-corrected chi connectivity index (χ3v) is 3.36. The second-order valence-electron chi connectivity index (χ2n) is 4.81. The van der Waals surface area contributed by atoms with Gasteiger partial charge in [-0.2, -0.15) is 4.98 Å². The van der Waals surface area contributed by atoms with Crippen LogP contribution < -0.4 is 15.8 Å². The molecular weight excluding hydrogens is 278 g/mol. The molecule has 6 nitrogen and oxygen atoms in total. The van der Waals surface area contributed by atoms with Crippen LogP contribution in [-0.2, 0) is 0 Å². The average molecular weight is 301 g/mol. The normalized spacial score (nSPS) is 10.7. The number of nitrogens with one attached hydrogen (secondary N) is 1. The van der Waals surface area contributed by atoms with E-state index in [0.717, 1.165) is 31.9 Å². The Morgan fingerprint density at radius 2 is 1.91 bits per heavy atom. The lowest BCUT2D eigenvalue weighted by Gasteiger charge is -2.19. The number of hydrogen-bond donors (Lipinski definition) is 2. The van der Waals surface area contributed by atoms with Gasteiger partial charge in [-0.05, 0) is 25.2 Å². The number of rotatable bonds is 8. The van der Waals surface area contributed by atoms with Crippen molar-refractivity contribution in [3.8, 4) is 11.5 Å². The van der Waals surface area contributed by atoms with E-state index in [1.165, 1.54) is 0 Å². The van der Waals surface area contributed by atoms with Crippen LogP contribution in [0.5, 0.6) is 11.5 Å². The molecule has 1 aromatic heterocycles. The Morgan fingerprint density at radius 3 is 2.59 bits per heavy atom. The highest BCUT2D eigenvalue weighted by Gasteiger charge is 2.09. The topological polar surface area (TPSA) is 76.3 Å². The number of benzene rings is 1. The van der Waals surface area contributed by atoms with Gasteiger partial charge in [0, 0.05) is 13.1 Å². The molecule has 0 aliphatic heterocycles. The summed E-state index contributed by atoms with van der Waals surface area (Å²) >= 11 is 0. The number of anilines is 2. The Morgan fingerprint density at radius 1 is 1.18 bits per heavy atom. The maximum absolute atomic E-state index is 5.82. The van der Waals surface area contributed by atoms with Crippen LogP contribution in [-0.4, -0.2) is 41.0 Å². The van der Waals surface area contributed by atoms with Crippen molar-refractivity contribution in [1.82, 2.24) is 14.9 Å². The largest absolute Gasteiger partial charge is 0.452 e. The molecule has 1 aromatic carbocycles. The summed E-state index contributed by atoms with van der Waals surface area (Å²) in [6.45, 7) is 8.05. The first-order valence-electron chi connectivity index (χ1n) is 7.54. The first kappa shape index (κ1) is 16.0. The molecule has 0 amide bonds. The molecule has 0 unspecified atom stereocenters. The molecule has 0 bridgehead atoms. The molecule has 0 spiro atoms. The number of nitrogens with two attached hydrogens (primary N) is 1. The fourth-order valence-corrected chi connectivity index (χ4v) is 2.07. The van der Waals surface area contributed by atoms with Crippen molar-refractivity contribution < 1.29 is 4.74 Å². The number of nitrogens with zero attached hydrogens (tertiary/aromatic N) is 3. The lowest BCUT2D eigenvalue weighted by molar-refractivity contribution is 0.315. The minimum Gasteiger partial charge on any atom is -0.452 e. The molecule has 0 fully saturated rings. The van der Waals surface area contributed by atoms with Crippen molar-refractivity contribution >= 4 is 11.8 Å². The molecule has 6 heteroatoms. The highest BCUT2D eigenvalue weighted by Crippen LogP contribution is 2.27. The average Bonchev–Trinajstić information content (AvgIpc) is 2.55. The lowest BCUT2D eigenvalue weighted by atomic mass is 10.3. The number of aromatic nitrogens is 2. The highest BCUT2D eigenvalue weighted by molar-refractivity contribution is 5.52. The summed E-state index contributed by atoms with van der Waals surface area (Å²) < 4.78 is 5.82. The minimum atomic E-state index is 0.228. The lowest BCUT2D eigenvalue weighted by Crippen LogP contribution is -2.28. The van der Waals surface area contributed by atoms with Crippen LogP contribution in [0.2, 0.25) is 0 Å². The first-order chi connectivity index (χ1) is 10.7. The maximum atomic E-state index is 5.82. The second kappa shape index (κ2) is 8.19. The molecule has 0 aliphatic rings. The zero-order valence-corrected chi connectivity index (χ0v) is 13.1. The third-order valence-electron chi connectivity index (χ3n) is 3.36. The van der Waals surface area contributed by atoms with E-state index in [1.807, 2.05) is 30.3 Å². The van der Waals surface area contributed by atoms with Crippen molar-refractivity contribution in [3.63, 3.8) is 0 Å². The zero-order valence-electron chi connectivity index (χ0n) is 13.1. The maximum Gasteiger partial charge on any atom is 0.222 e. The Bertz CT molecular complexity index is 572. The van der Waals surface area contributed by atoms with Crippen molar-refractivity contribution in [2.24, 2.45) is 0 Å². The Hall–Kier alpha value is -2.34. The van der Waals surface area contributed by atoms with Gasteiger partial charge >= 0.3 is 0 Å². The smallest absolute Gasteiger partial charge is 0.222 e. The highest BCUT2D eigenvalue weighted by atomic mass is 16.5. The van der Waals surface area contributed by atoms with E-state index in [-0.39, 0.29) is 5.95 Å². The van der Waals surface area contributed by atoms with Gasteiger partial charge in [0.2, 0.25) is 5.95 Å². The number of nitrogen functional groups attached to an aromatic ring is 1. The van der Waals surface area contributed by atoms with Crippen LogP contribution in [0.25, 0.3) is 0 Å². The summed E-state index contributed by atoms with van der Waals surface area (Å²) in [6.07, 6.45) is 1.59.